The molecule has 2 saturated heterocycles. The Kier molecular flexibility index (Phi) is 5.95. The van der Waals surface area contributed by atoms with E-state index in [1.807, 2.05) is 40.1 Å². The molecule has 0 atom stereocenters. The maximum atomic E-state index is 12.6. The van der Waals surface area contributed by atoms with Crippen LogP contribution in [0.3, 0.4) is 0 Å². The molecule has 3 aliphatic rings. The molecule has 0 aromatic heterocycles. The van der Waals surface area contributed by atoms with Crippen molar-refractivity contribution in [3.05, 3.63) is 65.2 Å². The fourth-order valence-corrected chi connectivity index (χ4v) is 4.68. The second kappa shape index (κ2) is 9.17. The number of ether oxygens (including phenoxy) is 1. The normalized spacial score (nSPS) is 18.9. The molecule has 5 rings (SSSR count). The van der Waals surface area contributed by atoms with Gasteiger partial charge in [0.1, 0.15) is 5.75 Å². The summed E-state index contributed by atoms with van der Waals surface area (Å²) in [6.07, 6.45) is 6.07. The Morgan fingerprint density at radius 1 is 0.969 bits per heavy atom. The first kappa shape index (κ1) is 20.8. The van der Waals surface area contributed by atoms with Gasteiger partial charge in [-0.3, -0.25) is 14.5 Å². The zero-order valence-electron chi connectivity index (χ0n) is 18.3. The van der Waals surface area contributed by atoms with Crippen LogP contribution in [0.5, 0.6) is 5.75 Å². The highest BCUT2D eigenvalue weighted by Gasteiger charge is 2.22. The van der Waals surface area contributed by atoms with Crippen LogP contribution in [-0.4, -0.2) is 60.9 Å². The highest BCUT2D eigenvalue weighted by Crippen LogP contribution is 2.26. The van der Waals surface area contributed by atoms with Crippen LogP contribution in [0.1, 0.15) is 29.5 Å². The summed E-state index contributed by atoms with van der Waals surface area (Å²) in [4.78, 5) is 30.7. The number of carbonyl (C=O) groups is 2. The number of hydrogen-bond acceptors (Lipinski definition) is 4. The number of anilines is 1. The summed E-state index contributed by atoms with van der Waals surface area (Å²) in [5.74, 6) is 1.26. The van der Waals surface area contributed by atoms with E-state index in [-0.39, 0.29) is 11.8 Å². The van der Waals surface area contributed by atoms with Crippen LogP contribution >= 0.6 is 0 Å². The van der Waals surface area contributed by atoms with E-state index in [1.54, 1.807) is 6.08 Å². The van der Waals surface area contributed by atoms with Gasteiger partial charge in [-0.05, 0) is 47.4 Å². The highest BCUT2D eigenvalue weighted by atomic mass is 16.5. The molecule has 3 aliphatic heterocycles. The fourth-order valence-electron chi connectivity index (χ4n) is 4.68. The van der Waals surface area contributed by atoms with Gasteiger partial charge in [0.2, 0.25) is 11.8 Å². The molecule has 2 aromatic carbocycles. The van der Waals surface area contributed by atoms with Crippen LogP contribution < -0.4 is 9.64 Å². The molecule has 0 unspecified atom stereocenters. The maximum Gasteiger partial charge on any atom is 0.246 e. The molecule has 32 heavy (non-hydrogen) atoms. The third-order valence-electron chi connectivity index (χ3n) is 6.54. The van der Waals surface area contributed by atoms with E-state index in [0.717, 1.165) is 75.7 Å². The van der Waals surface area contributed by atoms with Gasteiger partial charge in [-0.25, -0.2) is 0 Å². The van der Waals surface area contributed by atoms with Crippen LogP contribution in [0.25, 0.3) is 6.08 Å². The van der Waals surface area contributed by atoms with E-state index in [2.05, 4.69) is 23.1 Å². The molecule has 0 aliphatic carbocycles. The molecule has 0 saturated carbocycles. The van der Waals surface area contributed by atoms with Crippen molar-refractivity contribution in [3.8, 4) is 5.75 Å². The monoisotopic (exact) mass is 431 g/mol. The van der Waals surface area contributed by atoms with Crippen LogP contribution in [0.15, 0.2) is 48.5 Å². The number of benzene rings is 2. The molecule has 2 fully saturated rings. The summed E-state index contributed by atoms with van der Waals surface area (Å²) in [5, 5.41) is 0. The first-order valence-electron chi connectivity index (χ1n) is 11.5. The van der Waals surface area contributed by atoms with Crippen molar-refractivity contribution < 1.29 is 14.3 Å². The zero-order valence-corrected chi connectivity index (χ0v) is 18.3. The lowest BCUT2D eigenvalue weighted by molar-refractivity contribution is -0.127. The van der Waals surface area contributed by atoms with Gasteiger partial charge in [0.05, 0.1) is 6.61 Å². The Hall–Kier alpha value is -3.12. The van der Waals surface area contributed by atoms with Gasteiger partial charge in [0, 0.05) is 63.9 Å². The molecular weight excluding hydrogens is 402 g/mol. The average molecular weight is 432 g/mol. The number of carbonyl (C=O) groups excluding carboxylic acids is 2. The SMILES string of the molecule is O=C(/C=C/c1ccc(N2CCCC2=O)cc1)N1CCN(Cc2ccc3c(c2)CCO3)CC1. The molecular formula is C26H29N3O3. The van der Waals surface area contributed by atoms with Crippen molar-refractivity contribution in [2.24, 2.45) is 0 Å². The molecule has 0 N–H and O–H groups in total. The lowest BCUT2D eigenvalue weighted by atomic mass is 10.1. The molecule has 166 valence electrons. The van der Waals surface area contributed by atoms with E-state index in [4.69, 9.17) is 4.74 Å². The van der Waals surface area contributed by atoms with E-state index in [1.165, 1.54) is 11.1 Å². The minimum absolute atomic E-state index is 0.0538. The largest absolute Gasteiger partial charge is 0.493 e. The predicted molar refractivity (Wildman–Crippen MR) is 125 cm³/mol. The maximum absolute atomic E-state index is 12.6. The first-order valence-corrected chi connectivity index (χ1v) is 11.5. The Bertz CT molecular complexity index is 1020. The van der Waals surface area contributed by atoms with E-state index < -0.39 is 0 Å². The van der Waals surface area contributed by atoms with Gasteiger partial charge in [-0.1, -0.05) is 24.3 Å². The highest BCUT2D eigenvalue weighted by molar-refractivity contribution is 5.95. The van der Waals surface area contributed by atoms with Gasteiger partial charge in [-0.2, -0.15) is 0 Å². The minimum atomic E-state index is 0.0538. The number of piperazine rings is 1. The molecule has 3 heterocycles. The summed E-state index contributed by atoms with van der Waals surface area (Å²) >= 11 is 0. The van der Waals surface area contributed by atoms with Gasteiger partial charge >= 0.3 is 0 Å². The van der Waals surface area contributed by atoms with Gasteiger partial charge < -0.3 is 14.5 Å². The van der Waals surface area contributed by atoms with E-state index >= 15 is 0 Å². The van der Waals surface area contributed by atoms with Crippen LogP contribution in [0, 0.1) is 0 Å². The number of nitrogens with zero attached hydrogens (tertiary/aromatic N) is 3. The lowest BCUT2D eigenvalue weighted by Gasteiger charge is -2.34. The predicted octanol–water partition coefficient (Wildman–Crippen LogP) is 3.11. The van der Waals surface area contributed by atoms with Crippen LogP contribution in [0.4, 0.5) is 5.69 Å². The summed E-state index contributed by atoms with van der Waals surface area (Å²) in [6.45, 7) is 5.74. The number of fused-ring (bicyclic) bond motifs is 1. The average Bonchev–Trinajstić information content (AvgIpc) is 3.47. The third-order valence-corrected chi connectivity index (χ3v) is 6.54. The summed E-state index contributed by atoms with van der Waals surface area (Å²) < 4.78 is 5.59. The molecule has 0 bridgehead atoms. The summed E-state index contributed by atoms with van der Waals surface area (Å²) in [7, 11) is 0. The Morgan fingerprint density at radius 3 is 2.53 bits per heavy atom. The summed E-state index contributed by atoms with van der Waals surface area (Å²) in [5.41, 5.74) is 4.52. The zero-order chi connectivity index (χ0) is 21.9. The Morgan fingerprint density at radius 2 is 1.78 bits per heavy atom. The summed E-state index contributed by atoms with van der Waals surface area (Å²) in [6, 6.07) is 14.3. The van der Waals surface area contributed by atoms with Crippen molar-refractivity contribution in [2.45, 2.75) is 25.8 Å². The second-order valence-corrected chi connectivity index (χ2v) is 8.72. The van der Waals surface area contributed by atoms with Crippen molar-refractivity contribution in [2.75, 3.05) is 44.2 Å². The van der Waals surface area contributed by atoms with Crippen LogP contribution in [-0.2, 0) is 22.6 Å². The molecule has 2 amide bonds. The van der Waals surface area contributed by atoms with Gasteiger partial charge in [-0.15, -0.1) is 0 Å². The molecule has 2 aromatic rings. The first-order chi connectivity index (χ1) is 15.7. The minimum Gasteiger partial charge on any atom is -0.493 e. The van der Waals surface area contributed by atoms with Crippen molar-refractivity contribution >= 4 is 23.6 Å². The number of amides is 2. The number of hydrogen-bond donors (Lipinski definition) is 0. The van der Waals surface area contributed by atoms with E-state index in [0.29, 0.717) is 6.42 Å². The van der Waals surface area contributed by atoms with Crippen molar-refractivity contribution in [1.82, 2.24) is 9.80 Å². The number of rotatable bonds is 5. The van der Waals surface area contributed by atoms with Gasteiger partial charge in [0.25, 0.3) is 0 Å². The molecule has 6 heteroatoms. The third kappa shape index (κ3) is 4.55. The smallest absolute Gasteiger partial charge is 0.246 e. The van der Waals surface area contributed by atoms with E-state index in [9.17, 15) is 9.59 Å². The standard InChI is InChI=1S/C26H29N3O3/c30-25(10-6-20-3-7-23(8-4-20)29-12-1-2-26(29)31)28-15-13-27(14-16-28)19-21-5-9-24-22(18-21)11-17-32-24/h3-10,18H,1-2,11-17,19H2/b10-6+. The van der Waals surface area contributed by atoms with Crippen molar-refractivity contribution in [3.63, 3.8) is 0 Å². The molecule has 0 radical (unpaired) electrons. The fraction of sp³-hybridized carbons (Fsp3) is 0.385. The van der Waals surface area contributed by atoms with Crippen molar-refractivity contribution in [1.29, 1.82) is 0 Å². The van der Waals surface area contributed by atoms with Gasteiger partial charge in [0.15, 0.2) is 0 Å². The Labute approximate surface area is 189 Å². The van der Waals surface area contributed by atoms with Crippen LogP contribution in [0.2, 0.25) is 0 Å². The molecule has 6 nitrogen and oxygen atoms in total. The quantitative estimate of drug-likeness (QED) is 0.683. The second-order valence-electron chi connectivity index (χ2n) is 8.72. The molecule has 0 spiro atoms. The topological polar surface area (TPSA) is 53.1 Å². The lowest BCUT2D eigenvalue weighted by Crippen LogP contribution is -2.47. The Balaban J connectivity index is 1.11.